The molecule has 0 heterocycles. The quantitative estimate of drug-likeness (QED) is 0.194. The largest absolute Gasteiger partial charge is 1.00 e. The third-order valence-electron chi connectivity index (χ3n) is 2.21. The predicted molar refractivity (Wildman–Crippen MR) is 57.5 cm³/mol. The van der Waals surface area contributed by atoms with E-state index in [9.17, 15) is 4.79 Å². The van der Waals surface area contributed by atoms with Crippen LogP contribution in [0, 0.1) is 0 Å². The van der Waals surface area contributed by atoms with Gasteiger partial charge in [-0.1, -0.05) is 13.2 Å². The molecule has 3 nitrogen and oxygen atoms in total. The topological polar surface area (TPSA) is 26.3 Å². The van der Waals surface area contributed by atoms with Crippen molar-refractivity contribution in [1.29, 1.82) is 0 Å². The first-order chi connectivity index (χ1) is 6.31. The van der Waals surface area contributed by atoms with Gasteiger partial charge in [0.15, 0.2) is 0 Å². The van der Waals surface area contributed by atoms with Gasteiger partial charge in [0.2, 0.25) is 6.23 Å². The standard InChI is InChI=1S/C11H20NO2.ClH/c1-7-8-12(5,6)10(4)14-11(13)9(2)3;/h7,10H,1-2,8H2,3-6H3;1H/q+1;/p-1. The molecule has 0 N–H and O–H groups in total. The number of esters is 1. The number of rotatable bonds is 5. The molecule has 0 aliphatic carbocycles. The lowest BCUT2D eigenvalue weighted by atomic mass is 10.3. The van der Waals surface area contributed by atoms with Crippen LogP contribution in [-0.2, 0) is 9.53 Å². The van der Waals surface area contributed by atoms with Gasteiger partial charge < -0.3 is 17.1 Å². The number of nitrogens with zero attached hydrogens (tertiary/aromatic N) is 1. The molecule has 0 saturated carbocycles. The van der Waals surface area contributed by atoms with Gasteiger partial charge in [-0.15, -0.1) is 0 Å². The van der Waals surface area contributed by atoms with Gasteiger partial charge in [0, 0.05) is 12.5 Å². The molecule has 0 aromatic carbocycles. The van der Waals surface area contributed by atoms with E-state index in [2.05, 4.69) is 13.2 Å². The number of ether oxygens (including phenoxy) is 1. The molecule has 0 aromatic heterocycles. The number of carbonyl (C=O) groups excluding carboxylic acids is 1. The van der Waals surface area contributed by atoms with Crippen molar-refractivity contribution in [3.05, 3.63) is 24.8 Å². The van der Waals surface area contributed by atoms with Crippen molar-refractivity contribution in [2.45, 2.75) is 20.1 Å². The summed E-state index contributed by atoms with van der Waals surface area (Å²) in [5.41, 5.74) is 0.426. The highest BCUT2D eigenvalue weighted by molar-refractivity contribution is 5.86. The Morgan fingerprint density at radius 1 is 1.53 bits per heavy atom. The first-order valence-corrected chi connectivity index (χ1v) is 4.61. The van der Waals surface area contributed by atoms with Crippen LogP contribution in [0.15, 0.2) is 24.8 Å². The molecule has 0 radical (unpaired) electrons. The van der Waals surface area contributed by atoms with E-state index in [-0.39, 0.29) is 24.6 Å². The molecule has 0 aliphatic heterocycles. The third-order valence-corrected chi connectivity index (χ3v) is 2.21. The fourth-order valence-electron chi connectivity index (χ4n) is 0.879. The van der Waals surface area contributed by atoms with Gasteiger partial charge in [-0.2, -0.15) is 0 Å². The minimum Gasteiger partial charge on any atom is -1.00 e. The van der Waals surface area contributed by atoms with Gasteiger partial charge in [-0.05, 0) is 13.0 Å². The maximum atomic E-state index is 11.2. The van der Waals surface area contributed by atoms with Crippen molar-refractivity contribution in [3.63, 3.8) is 0 Å². The van der Waals surface area contributed by atoms with Gasteiger partial charge in [-0.25, -0.2) is 4.79 Å². The summed E-state index contributed by atoms with van der Waals surface area (Å²) in [6.45, 7) is 11.5. The van der Waals surface area contributed by atoms with Gasteiger partial charge in [0.05, 0.1) is 20.6 Å². The van der Waals surface area contributed by atoms with Crippen LogP contribution < -0.4 is 12.4 Å². The minimum absolute atomic E-state index is 0. The molecule has 15 heavy (non-hydrogen) atoms. The Labute approximate surface area is 98.4 Å². The van der Waals surface area contributed by atoms with Gasteiger partial charge in [0.1, 0.15) is 0 Å². The molecule has 0 aromatic rings. The average molecular weight is 234 g/mol. The van der Waals surface area contributed by atoms with E-state index in [4.69, 9.17) is 4.74 Å². The Kier molecular flexibility index (Phi) is 7.36. The van der Waals surface area contributed by atoms with E-state index < -0.39 is 0 Å². The van der Waals surface area contributed by atoms with E-state index in [0.717, 1.165) is 6.54 Å². The van der Waals surface area contributed by atoms with Crippen molar-refractivity contribution in [2.75, 3.05) is 20.6 Å². The maximum absolute atomic E-state index is 11.2. The lowest BCUT2D eigenvalue weighted by molar-refractivity contribution is -0.927. The summed E-state index contributed by atoms with van der Waals surface area (Å²) in [6, 6.07) is 0. The first kappa shape index (κ1) is 16.6. The lowest BCUT2D eigenvalue weighted by Gasteiger charge is -2.33. The number of hydrogen-bond donors (Lipinski definition) is 0. The zero-order chi connectivity index (χ0) is 11.4. The van der Waals surface area contributed by atoms with Crippen LogP contribution in [0.3, 0.4) is 0 Å². The molecular weight excluding hydrogens is 214 g/mol. The second kappa shape index (κ2) is 6.64. The number of quaternary nitrogens is 1. The number of halogens is 1. The van der Waals surface area contributed by atoms with Gasteiger partial charge >= 0.3 is 5.97 Å². The summed E-state index contributed by atoms with van der Waals surface area (Å²) >= 11 is 0. The number of carbonyl (C=O) groups is 1. The SMILES string of the molecule is C=CC[N+](C)(C)C(C)OC(=O)C(=C)C.[Cl-]. The van der Waals surface area contributed by atoms with Crippen LogP contribution in [-0.4, -0.2) is 37.3 Å². The molecule has 0 fully saturated rings. The molecule has 88 valence electrons. The molecule has 0 rings (SSSR count). The van der Waals surface area contributed by atoms with E-state index >= 15 is 0 Å². The second-order valence-corrected chi connectivity index (χ2v) is 4.03. The Morgan fingerprint density at radius 2 is 2.00 bits per heavy atom. The first-order valence-electron chi connectivity index (χ1n) is 4.61. The van der Waals surface area contributed by atoms with Crippen LogP contribution in [0.5, 0.6) is 0 Å². The minimum atomic E-state index is -0.340. The Balaban J connectivity index is 0. The maximum Gasteiger partial charge on any atom is 0.337 e. The zero-order valence-corrected chi connectivity index (χ0v) is 10.7. The van der Waals surface area contributed by atoms with Crippen LogP contribution in [0.2, 0.25) is 0 Å². The van der Waals surface area contributed by atoms with E-state index in [1.165, 1.54) is 0 Å². The highest BCUT2D eigenvalue weighted by Crippen LogP contribution is 2.09. The fourth-order valence-corrected chi connectivity index (χ4v) is 0.879. The number of hydrogen-bond acceptors (Lipinski definition) is 2. The van der Waals surface area contributed by atoms with Crippen molar-refractivity contribution >= 4 is 5.97 Å². The van der Waals surface area contributed by atoms with Crippen molar-refractivity contribution in [1.82, 2.24) is 0 Å². The average Bonchev–Trinajstić information content (AvgIpc) is 2.03. The highest BCUT2D eigenvalue weighted by Gasteiger charge is 2.25. The molecule has 0 bridgehead atoms. The summed E-state index contributed by atoms with van der Waals surface area (Å²) < 4.78 is 5.79. The van der Waals surface area contributed by atoms with Gasteiger partial charge in [-0.3, -0.25) is 4.48 Å². The summed E-state index contributed by atoms with van der Waals surface area (Å²) in [5.74, 6) is -0.340. The number of likely N-dealkylation sites (N-methyl/N-ethyl adjacent to an activating group) is 1. The Hall–Kier alpha value is -0.800. The van der Waals surface area contributed by atoms with E-state index in [1.807, 2.05) is 27.1 Å². The fraction of sp³-hybridized carbons (Fsp3) is 0.545. The lowest BCUT2D eigenvalue weighted by Crippen LogP contribution is -3.00. The smallest absolute Gasteiger partial charge is 0.337 e. The molecule has 0 saturated heterocycles. The van der Waals surface area contributed by atoms with Crippen LogP contribution >= 0.6 is 0 Å². The van der Waals surface area contributed by atoms with E-state index in [0.29, 0.717) is 10.1 Å². The van der Waals surface area contributed by atoms with Crippen LogP contribution in [0.4, 0.5) is 0 Å². The normalized spacial score (nSPS) is 12.3. The molecule has 0 aliphatic rings. The summed E-state index contributed by atoms with van der Waals surface area (Å²) in [4.78, 5) is 11.2. The van der Waals surface area contributed by atoms with E-state index in [1.54, 1.807) is 6.92 Å². The summed E-state index contributed by atoms with van der Waals surface area (Å²) in [7, 11) is 3.97. The zero-order valence-electron chi connectivity index (χ0n) is 9.92. The Bertz CT molecular complexity index is 249. The highest BCUT2D eigenvalue weighted by atomic mass is 35.5. The third kappa shape index (κ3) is 5.60. The Morgan fingerprint density at radius 3 is 2.33 bits per heavy atom. The van der Waals surface area contributed by atoms with Crippen LogP contribution in [0.25, 0.3) is 0 Å². The molecular formula is C11H20ClNO2. The van der Waals surface area contributed by atoms with Crippen molar-refractivity contribution in [3.8, 4) is 0 Å². The molecule has 1 unspecified atom stereocenters. The molecule has 4 heteroatoms. The summed E-state index contributed by atoms with van der Waals surface area (Å²) in [5, 5.41) is 0. The molecule has 0 amide bonds. The molecule has 1 atom stereocenters. The monoisotopic (exact) mass is 233 g/mol. The van der Waals surface area contributed by atoms with Crippen molar-refractivity contribution in [2.24, 2.45) is 0 Å². The second-order valence-electron chi connectivity index (χ2n) is 4.03. The summed E-state index contributed by atoms with van der Waals surface area (Å²) in [6.07, 6.45) is 1.61. The van der Waals surface area contributed by atoms with Gasteiger partial charge in [0.25, 0.3) is 0 Å². The van der Waals surface area contributed by atoms with Crippen LogP contribution in [0.1, 0.15) is 13.8 Å². The predicted octanol–water partition coefficient (Wildman–Crippen LogP) is -1.28. The van der Waals surface area contributed by atoms with Crippen molar-refractivity contribution < 1.29 is 26.4 Å². The molecule has 0 spiro atoms.